The van der Waals surface area contributed by atoms with Gasteiger partial charge in [-0.1, -0.05) is 5.16 Å². The summed E-state index contributed by atoms with van der Waals surface area (Å²) in [5.41, 5.74) is 0.130. The summed E-state index contributed by atoms with van der Waals surface area (Å²) in [5, 5.41) is 19.5. The number of benzene rings is 1. The molecule has 0 aliphatic rings. The van der Waals surface area contributed by atoms with Gasteiger partial charge in [-0.2, -0.15) is 0 Å². The number of phenols is 1. The molecule has 0 atom stereocenters. The Kier molecular flexibility index (Phi) is 2.06. The topological polar surface area (TPSA) is 52.8 Å². The average molecular weight is 155 g/mol. The molecule has 4 heteroatoms. The predicted molar refractivity (Wildman–Crippen MR) is 37.4 cm³/mol. The molecule has 11 heavy (non-hydrogen) atoms. The predicted octanol–water partition coefficient (Wildman–Crippen LogP) is 1.34. The van der Waals surface area contributed by atoms with Crippen LogP contribution in [0.25, 0.3) is 0 Å². The summed E-state index contributed by atoms with van der Waals surface area (Å²) in [6, 6.07) is 3.56. The minimum atomic E-state index is -0.622. The van der Waals surface area contributed by atoms with Gasteiger partial charge in [0.15, 0.2) is 0 Å². The Morgan fingerprint density at radius 1 is 1.45 bits per heavy atom. The molecule has 0 saturated carbocycles. The normalized spacial score (nSPS) is 10.6. The van der Waals surface area contributed by atoms with Crippen LogP contribution in [0.15, 0.2) is 23.4 Å². The van der Waals surface area contributed by atoms with Gasteiger partial charge in [-0.25, -0.2) is 4.39 Å². The van der Waals surface area contributed by atoms with Crippen molar-refractivity contribution < 1.29 is 14.7 Å². The molecular weight excluding hydrogens is 149 g/mol. The molecule has 0 heterocycles. The van der Waals surface area contributed by atoms with E-state index in [2.05, 4.69) is 5.16 Å². The average Bonchev–Trinajstić information content (AvgIpc) is 1.95. The second-order valence-electron chi connectivity index (χ2n) is 1.95. The first-order chi connectivity index (χ1) is 5.24. The van der Waals surface area contributed by atoms with Crippen LogP contribution in [-0.4, -0.2) is 16.5 Å². The summed E-state index contributed by atoms with van der Waals surface area (Å²) in [5.74, 6) is -0.777. The number of hydrogen-bond donors (Lipinski definition) is 2. The SMILES string of the molecule is O/N=C/c1ccc(O)cc1F. The van der Waals surface area contributed by atoms with E-state index >= 15 is 0 Å². The minimum absolute atomic E-state index is 0.130. The molecular formula is C7H6FNO2. The molecule has 0 bridgehead atoms. The van der Waals surface area contributed by atoms with Gasteiger partial charge in [0.1, 0.15) is 11.6 Å². The maximum Gasteiger partial charge on any atom is 0.135 e. The summed E-state index contributed by atoms with van der Waals surface area (Å²) in [6.07, 6.45) is 0.953. The standard InChI is InChI=1S/C7H6FNO2/c8-7-3-6(10)2-1-5(7)4-9-11/h1-4,10-11H/b9-4+. The van der Waals surface area contributed by atoms with Crippen LogP contribution in [0.2, 0.25) is 0 Å². The van der Waals surface area contributed by atoms with Crippen molar-refractivity contribution in [3.8, 4) is 5.75 Å². The molecule has 1 aromatic carbocycles. The van der Waals surface area contributed by atoms with E-state index in [1.807, 2.05) is 0 Å². The van der Waals surface area contributed by atoms with Gasteiger partial charge in [0.05, 0.1) is 6.21 Å². The number of aromatic hydroxyl groups is 1. The molecule has 0 aliphatic carbocycles. The van der Waals surface area contributed by atoms with E-state index in [1.54, 1.807) is 0 Å². The Morgan fingerprint density at radius 3 is 2.73 bits per heavy atom. The van der Waals surface area contributed by atoms with E-state index in [9.17, 15) is 4.39 Å². The fraction of sp³-hybridized carbons (Fsp3) is 0. The number of nitrogens with zero attached hydrogens (tertiary/aromatic N) is 1. The number of oxime groups is 1. The summed E-state index contributed by atoms with van der Waals surface area (Å²) in [4.78, 5) is 0. The number of phenolic OH excluding ortho intramolecular Hbond substituents is 1. The monoisotopic (exact) mass is 155 g/mol. The lowest BCUT2D eigenvalue weighted by atomic mass is 10.2. The third kappa shape index (κ3) is 1.67. The lowest BCUT2D eigenvalue weighted by molar-refractivity contribution is 0.321. The molecule has 1 rings (SSSR count). The van der Waals surface area contributed by atoms with Crippen molar-refractivity contribution in [2.75, 3.05) is 0 Å². The Balaban J connectivity index is 3.09. The van der Waals surface area contributed by atoms with Gasteiger partial charge in [-0.15, -0.1) is 0 Å². The molecule has 0 fully saturated rings. The second kappa shape index (κ2) is 3.01. The van der Waals surface area contributed by atoms with Crippen molar-refractivity contribution >= 4 is 6.21 Å². The number of rotatable bonds is 1. The highest BCUT2D eigenvalue weighted by Gasteiger charge is 1.99. The molecule has 0 radical (unpaired) electrons. The lowest BCUT2D eigenvalue weighted by Crippen LogP contribution is -1.86. The molecule has 0 aliphatic heterocycles. The second-order valence-corrected chi connectivity index (χ2v) is 1.95. The maximum atomic E-state index is 12.7. The van der Waals surface area contributed by atoms with Gasteiger partial charge in [0.25, 0.3) is 0 Å². The molecule has 58 valence electrons. The van der Waals surface area contributed by atoms with E-state index in [0.29, 0.717) is 0 Å². The van der Waals surface area contributed by atoms with Gasteiger partial charge in [-0.05, 0) is 12.1 Å². The molecule has 0 amide bonds. The zero-order valence-electron chi connectivity index (χ0n) is 5.53. The first-order valence-corrected chi connectivity index (χ1v) is 2.90. The van der Waals surface area contributed by atoms with Gasteiger partial charge in [0.2, 0.25) is 0 Å². The first kappa shape index (κ1) is 7.53. The van der Waals surface area contributed by atoms with E-state index < -0.39 is 5.82 Å². The fourth-order valence-corrected chi connectivity index (χ4v) is 0.683. The third-order valence-corrected chi connectivity index (χ3v) is 1.18. The third-order valence-electron chi connectivity index (χ3n) is 1.18. The Hall–Kier alpha value is -1.58. The highest BCUT2D eigenvalue weighted by Crippen LogP contribution is 2.12. The molecule has 0 aromatic heterocycles. The zero-order valence-corrected chi connectivity index (χ0v) is 5.53. The van der Waals surface area contributed by atoms with Gasteiger partial charge in [0, 0.05) is 11.6 Å². The summed E-state index contributed by atoms with van der Waals surface area (Å²) < 4.78 is 12.7. The van der Waals surface area contributed by atoms with Crippen molar-refractivity contribution in [2.24, 2.45) is 5.16 Å². The molecule has 3 nitrogen and oxygen atoms in total. The highest BCUT2D eigenvalue weighted by atomic mass is 19.1. The van der Waals surface area contributed by atoms with Crippen LogP contribution in [0, 0.1) is 5.82 Å². The van der Waals surface area contributed by atoms with Crippen LogP contribution in [0.1, 0.15) is 5.56 Å². The van der Waals surface area contributed by atoms with Crippen molar-refractivity contribution in [1.29, 1.82) is 0 Å². The van der Waals surface area contributed by atoms with Crippen molar-refractivity contribution in [1.82, 2.24) is 0 Å². The molecule has 1 aromatic rings. The number of hydrogen-bond acceptors (Lipinski definition) is 3. The van der Waals surface area contributed by atoms with E-state index in [0.717, 1.165) is 12.3 Å². The van der Waals surface area contributed by atoms with E-state index in [-0.39, 0.29) is 11.3 Å². The quantitative estimate of drug-likeness (QED) is 0.365. The lowest BCUT2D eigenvalue weighted by Gasteiger charge is -1.94. The summed E-state index contributed by atoms with van der Waals surface area (Å²) in [7, 11) is 0. The van der Waals surface area contributed by atoms with Crippen LogP contribution in [0.4, 0.5) is 4.39 Å². The molecule has 0 unspecified atom stereocenters. The van der Waals surface area contributed by atoms with Crippen LogP contribution in [-0.2, 0) is 0 Å². The fourth-order valence-electron chi connectivity index (χ4n) is 0.683. The molecule has 2 N–H and O–H groups in total. The first-order valence-electron chi connectivity index (χ1n) is 2.90. The van der Waals surface area contributed by atoms with Gasteiger partial charge >= 0.3 is 0 Å². The zero-order chi connectivity index (χ0) is 8.27. The van der Waals surface area contributed by atoms with Crippen LogP contribution >= 0.6 is 0 Å². The van der Waals surface area contributed by atoms with Crippen molar-refractivity contribution in [3.63, 3.8) is 0 Å². The Morgan fingerprint density at radius 2 is 2.18 bits per heavy atom. The largest absolute Gasteiger partial charge is 0.508 e. The molecule has 0 spiro atoms. The smallest absolute Gasteiger partial charge is 0.135 e. The van der Waals surface area contributed by atoms with Gasteiger partial charge < -0.3 is 10.3 Å². The highest BCUT2D eigenvalue weighted by molar-refractivity contribution is 5.79. The van der Waals surface area contributed by atoms with Crippen LogP contribution in [0.5, 0.6) is 5.75 Å². The summed E-state index contributed by atoms with van der Waals surface area (Å²) in [6.45, 7) is 0. The van der Waals surface area contributed by atoms with Crippen molar-refractivity contribution in [2.45, 2.75) is 0 Å². The number of halogens is 1. The Labute approximate surface area is 62.4 Å². The van der Waals surface area contributed by atoms with Crippen molar-refractivity contribution in [3.05, 3.63) is 29.6 Å². The van der Waals surface area contributed by atoms with E-state index in [4.69, 9.17) is 10.3 Å². The minimum Gasteiger partial charge on any atom is -0.508 e. The summed E-state index contributed by atoms with van der Waals surface area (Å²) >= 11 is 0. The van der Waals surface area contributed by atoms with Crippen LogP contribution in [0.3, 0.4) is 0 Å². The Bertz CT molecular complexity index is 286. The van der Waals surface area contributed by atoms with Gasteiger partial charge in [-0.3, -0.25) is 0 Å². The van der Waals surface area contributed by atoms with Crippen LogP contribution < -0.4 is 0 Å². The molecule has 0 saturated heterocycles. The van der Waals surface area contributed by atoms with E-state index in [1.165, 1.54) is 12.1 Å². The maximum absolute atomic E-state index is 12.7.